The second kappa shape index (κ2) is 15.1. The molecule has 8 rings (SSSR count). The normalized spacial score (nSPS) is 22.2. The van der Waals surface area contributed by atoms with Gasteiger partial charge in [0, 0.05) is 60.3 Å². The monoisotopic (exact) mass is 810 g/mol. The number of nitrogens with one attached hydrogen (secondary N) is 1. The third kappa shape index (κ3) is 7.43. The van der Waals surface area contributed by atoms with Crippen LogP contribution in [0.2, 0.25) is 0 Å². The summed E-state index contributed by atoms with van der Waals surface area (Å²) in [6, 6.07) is 7.15. The predicted octanol–water partition coefficient (Wildman–Crippen LogP) is 7.02. The predicted molar refractivity (Wildman–Crippen MR) is 200 cm³/mol. The number of fused-ring (bicyclic) bond motifs is 8. The van der Waals surface area contributed by atoms with Gasteiger partial charge in [0.05, 0.1) is 43.3 Å². The zero-order valence-electron chi connectivity index (χ0n) is 31.5. The average Bonchev–Trinajstić information content (AvgIpc) is 3.39. The summed E-state index contributed by atoms with van der Waals surface area (Å²) in [5.74, 6) is -4.20. The Hall–Kier alpha value is -5.35. The highest BCUT2D eigenvalue weighted by molar-refractivity contribution is 5.86. The van der Waals surface area contributed by atoms with Crippen molar-refractivity contribution in [2.24, 2.45) is 0 Å². The maximum atomic E-state index is 16.2. The summed E-state index contributed by atoms with van der Waals surface area (Å²) in [6.07, 6.45) is -4.61. The molecule has 0 spiro atoms. The summed E-state index contributed by atoms with van der Waals surface area (Å²) in [5, 5.41) is 12.5. The molecule has 0 radical (unpaired) electrons. The Morgan fingerprint density at radius 1 is 0.948 bits per heavy atom. The van der Waals surface area contributed by atoms with Gasteiger partial charge < -0.3 is 24.8 Å². The van der Waals surface area contributed by atoms with E-state index in [2.05, 4.69) is 10.2 Å². The molecule has 6 bridgehead atoms. The van der Waals surface area contributed by atoms with Crippen LogP contribution in [0, 0.1) is 25.5 Å². The number of hydrogen-bond acceptors (Lipinski definition) is 7. The molecule has 1 aromatic heterocycles. The first kappa shape index (κ1) is 39.5. The molecule has 1 amide bonds. The molecule has 16 heteroatoms. The Morgan fingerprint density at radius 3 is 2.34 bits per heavy atom. The minimum Gasteiger partial charge on any atom is -0.481 e. The van der Waals surface area contributed by atoms with E-state index in [0.29, 0.717) is 40.5 Å². The SMILES string of the molecule is Cc1cc2cc(c1F)[C@@H](CC(=O)O)NC(=O)[C@@H](n1cc(CCN3CC(F)C3)c(C(F)(F)F)cc1=O)c1cc(ccc1F)Oc1cc(N3C4CCC3COC4)cc(C)c1-2. The minimum absolute atomic E-state index is 0.00132. The molecule has 0 aliphatic carbocycles. The van der Waals surface area contributed by atoms with E-state index in [-0.39, 0.29) is 60.8 Å². The zero-order chi connectivity index (χ0) is 41.2. The van der Waals surface area contributed by atoms with Crippen LogP contribution in [0.1, 0.15) is 64.7 Å². The van der Waals surface area contributed by atoms with Crippen molar-refractivity contribution in [1.82, 2.24) is 14.8 Å². The van der Waals surface area contributed by atoms with Gasteiger partial charge in [-0.15, -0.1) is 0 Å². The van der Waals surface area contributed by atoms with Crippen molar-refractivity contribution >= 4 is 17.6 Å². The summed E-state index contributed by atoms with van der Waals surface area (Å²) >= 11 is 0. The number of ether oxygens (including phenoxy) is 2. The van der Waals surface area contributed by atoms with E-state index >= 15 is 8.78 Å². The number of morpholine rings is 1. The fourth-order valence-electron chi connectivity index (χ4n) is 8.81. The molecule has 5 heterocycles. The zero-order valence-corrected chi connectivity index (χ0v) is 31.5. The van der Waals surface area contributed by atoms with Crippen LogP contribution in [-0.4, -0.2) is 77.6 Å². The van der Waals surface area contributed by atoms with Crippen molar-refractivity contribution in [3.63, 3.8) is 0 Å². The molecule has 2 N–H and O–H groups in total. The molecule has 3 aromatic carbocycles. The number of carbonyl (C=O) groups is 2. The molecular formula is C42H40F6N4O6. The van der Waals surface area contributed by atoms with Crippen molar-refractivity contribution in [3.05, 3.63) is 110 Å². The van der Waals surface area contributed by atoms with Gasteiger partial charge in [0.1, 0.15) is 35.3 Å². The number of pyridine rings is 1. The maximum absolute atomic E-state index is 16.2. The third-order valence-corrected chi connectivity index (χ3v) is 11.6. The molecular weight excluding hydrogens is 770 g/mol. The number of rotatable bonds is 7. The van der Waals surface area contributed by atoms with Crippen molar-refractivity contribution < 1.29 is 50.5 Å². The number of aromatic nitrogens is 1. The molecule has 4 aliphatic rings. The largest absolute Gasteiger partial charge is 0.481 e. The Labute approximate surface area is 329 Å². The van der Waals surface area contributed by atoms with Crippen LogP contribution >= 0.6 is 0 Å². The van der Waals surface area contributed by atoms with Gasteiger partial charge in [0.15, 0.2) is 0 Å². The molecule has 3 saturated heterocycles. The summed E-state index contributed by atoms with van der Waals surface area (Å²) in [7, 11) is 0. The molecule has 4 atom stereocenters. The molecule has 4 aromatic rings. The first-order valence-electron chi connectivity index (χ1n) is 19.0. The molecule has 2 unspecified atom stereocenters. The summed E-state index contributed by atoms with van der Waals surface area (Å²) in [6.45, 7) is 4.43. The number of nitrogens with zero attached hydrogens (tertiary/aromatic N) is 3. The number of benzene rings is 3. The summed E-state index contributed by atoms with van der Waals surface area (Å²) < 4.78 is 102. The highest BCUT2D eigenvalue weighted by Gasteiger charge is 2.40. The number of carboxylic acid groups (broad SMARTS) is 1. The van der Waals surface area contributed by atoms with Gasteiger partial charge >= 0.3 is 12.1 Å². The number of carboxylic acids is 1. The molecule has 4 aliphatic heterocycles. The van der Waals surface area contributed by atoms with E-state index < -0.39 is 76.6 Å². The number of halogens is 6. The first-order chi connectivity index (χ1) is 27.5. The van der Waals surface area contributed by atoms with Crippen molar-refractivity contribution in [2.75, 3.05) is 37.7 Å². The fourth-order valence-corrected chi connectivity index (χ4v) is 8.81. The van der Waals surface area contributed by atoms with E-state index in [1.165, 1.54) is 25.1 Å². The van der Waals surface area contributed by atoms with Crippen LogP contribution in [0.25, 0.3) is 11.1 Å². The molecule has 10 nitrogen and oxygen atoms in total. The lowest BCUT2D eigenvalue weighted by Gasteiger charge is -2.37. The van der Waals surface area contributed by atoms with Crippen LogP contribution in [-0.2, 0) is 26.9 Å². The molecule has 306 valence electrons. The van der Waals surface area contributed by atoms with Crippen LogP contribution in [0.5, 0.6) is 11.5 Å². The lowest BCUT2D eigenvalue weighted by Crippen LogP contribution is -2.49. The lowest BCUT2D eigenvalue weighted by molar-refractivity contribution is -0.139. The number of carbonyl (C=O) groups excluding carboxylic acids is 1. The second-order valence-corrected chi connectivity index (χ2v) is 15.6. The van der Waals surface area contributed by atoms with E-state index in [1.807, 2.05) is 19.1 Å². The fraction of sp³-hybridized carbons (Fsp3) is 0.405. The minimum atomic E-state index is -4.99. The first-order valence-corrected chi connectivity index (χ1v) is 19.0. The number of likely N-dealkylation sites (tertiary alicyclic amines) is 1. The topological polar surface area (TPSA) is 113 Å². The highest BCUT2D eigenvalue weighted by Crippen LogP contribution is 2.45. The number of anilines is 1. The van der Waals surface area contributed by atoms with E-state index in [9.17, 15) is 37.1 Å². The van der Waals surface area contributed by atoms with Gasteiger partial charge in [-0.3, -0.25) is 23.9 Å². The van der Waals surface area contributed by atoms with Gasteiger partial charge in [-0.25, -0.2) is 13.2 Å². The Balaban J connectivity index is 1.33. The van der Waals surface area contributed by atoms with Gasteiger partial charge in [-0.2, -0.15) is 13.2 Å². The van der Waals surface area contributed by atoms with E-state index in [0.717, 1.165) is 30.8 Å². The molecule has 3 fully saturated rings. The smallest absolute Gasteiger partial charge is 0.416 e. The van der Waals surface area contributed by atoms with Crippen molar-refractivity contribution in [3.8, 4) is 22.6 Å². The number of aryl methyl sites for hydroxylation is 2. The Morgan fingerprint density at radius 2 is 1.67 bits per heavy atom. The number of amides is 1. The van der Waals surface area contributed by atoms with Crippen LogP contribution in [0.3, 0.4) is 0 Å². The standard InChI is InChI=1S/C42H40F6N4O6/c1-21-10-28(52-26-3-4-27(52)20-57-19-26)12-35-38(21)24-9-22(2)39(45)31(11-24)34(15-37(54)55)49-41(56)40(30-13-29(58-35)5-6-33(30)44)51-16-23(7-8-50-17-25(43)18-50)32(14-36(51)53)42(46,47)48/h5-6,9-14,16,25-27,34,40H,3-4,7-8,15,17-20H2,1-2H3,(H,49,56)(H,54,55)/t26?,27?,34-,40+/m1/s1. The van der Waals surface area contributed by atoms with Gasteiger partial charge in [-0.05, 0) is 91.8 Å². The summed E-state index contributed by atoms with van der Waals surface area (Å²) in [5.41, 5.74) is -1.11. The maximum Gasteiger partial charge on any atom is 0.416 e. The Bertz CT molecular complexity index is 2350. The van der Waals surface area contributed by atoms with Gasteiger partial charge in [0.25, 0.3) is 5.56 Å². The number of aliphatic carboxylic acids is 1. The number of alkyl halides is 4. The van der Waals surface area contributed by atoms with Crippen LogP contribution < -0.4 is 20.5 Å². The van der Waals surface area contributed by atoms with E-state index in [1.54, 1.807) is 11.0 Å². The van der Waals surface area contributed by atoms with E-state index in [4.69, 9.17) is 9.47 Å². The third-order valence-electron chi connectivity index (χ3n) is 11.6. The van der Waals surface area contributed by atoms with Crippen LogP contribution in [0.15, 0.2) is 59.5 Å². The van der Waals surface area contributed by atoms with Gasteiger partial charge in [0.2, 0.25) is 5.91 Å². The highest BCUT2D eigenvalue weighted by atomic mass is 19.4. The average molecular weight is 811 g/mol. The number of hydrogen-bond donors (Lipinski definition) is 2. The summed E-state index contributed by atoms with van der Waals surface area (Å²) in [4.78, 5) is 44.4. The van der Waals surface area contributed by atoms with Crippen molar-refractivity contribution in [1.29, 1.82) is 0 Å². The second-order valence-electron chi connectivity index (χ2n) is 15.6. The van der Waals surface area contributed by atoms with Crippen LogP contribution in [0.4, 0.5) is 32.0 Å². The van der Waals surface area contributed by atoms with Gasteiger partial charge in [-0.1, -0.05) is 0 Å². The molecule has 0 saturated carbocycles. The Kier molecular flexibility index (Phi) is 10.3. The molecule has 58 heavy (non-hydrogen) atoms. The quantitative estimate of drug-likeness (QED) is 0.192. The lowest BCUT2D eigenvalue weighted by atomic mass is 9.91. The van der Waals surface area contributed by atoms with Crippen molar-refractivity contribution in [2.45, 2.75) is 76.0 Å².